The molecule has 0 saturated carbocycles. The zero-order valence-corrected chi connectivity index (χ0v) is 18.1. The highest BCUT2D eigenvalue weighted by molar-refractivity contribution is 5.79. The predicted molar refractivity (Wildman–Crippen MR) is 116 cm³/mol. The summed E-state index contributed by atoms with van der Waals surface area (Å²) in [5.74, 6) is 2.31. The zero-order chi connectivity index (χ0) is 21.4. The van der Waals surface area contributed by atoms with Crippen LogP contribution in [0.4, 0.5) is 0 Å². The minimum atomic E-state index is -0.895. The lowest BCUT2D eigenvalue weighted by atomic mass is 10.1. The van der Waals surface area contributed by atoms with Crippen LogP contribution in [0.15, 0.2) is 35.3 Å². The maximum atomic E-state index is 10.9. The molecular formula is C21H33N7O2. The summed E-state index contributed by atoms with van der Waals surface area (Å²) in [5, 5.41) is 25.8. The second-order valence-electron chi connectivity index (χ2n) is 7.97. The van der Waals surface area contributed by atoms with E-state index in [2.05, 4.69) is 30.7 Å². The van der Waals surface area contributed by atoms with E-state index in [1.54, 1.807) is 0 Å². The number of rotatable bonds is 8. The molecule has 2 aromatic rings. The van der Waals surface area contributed by atoms with Crippen molar-refractivity contribution < 1.29 is 9.84 Å². The molecule has 0 radical (unpaired) electrons. The van der Waals surface area contributed by atoms with E-state index < -0.39 is 5.60 Å². The highest BCUT2D eigenvalue weighted by atomic mass is 16.5. The Morgan fingerprint density at radius 1 is 1.20 bits per heavy atom. The monoisotopic (exact) mass is 415 g/mol. The molecule has 1 aromatic carbocycles. The summed E-state index contributed by atoms with van der Waals surface area (Å²) >= 11 is 0. The molecule has 3 N–H and O–H groups in total. The Kier molecular flexibility index (Phi) is 7.78. The van der Waals surface area contributed by atoms with Crippen LogP contribution in [-0.4, -0.2) is 75.7 Å². The number of aliphatic hydroxyl groups is 1. The molecule has 164 valence electrons. The first-order chi connectivity index (χ1) is 14.4. The Bertz CT molecular complexity index is 814. The zero-order valence-electron chi connectivity index (χ0n) is 18.1. The average molecular weight is 416 g/mol. The Balaban J connectivity index is 1.61. The number of nitrogens with one attached hydrogen (secondary N) is 2. The summed E-state index contributed by atoms with van der Waals surface area (Å²) in [6, 6.07) is 10.1. The first-order valence-electron chi connectivity index (χ1n) is 10.4. The maximum Gasteiger partial charge on any atom is 0.192 e. The van der Waals surface area contributed by atoms with Gasteiger partial charge < -0.3 is 25.0 Å². The van der Waals surface area contributed by atoms with Gasteiger partial charge in [0, 0.05) is 33.2 Å². The van der Waals surface area contributed by atoms with Crippen molar-refractivity contribution >= 4 is 5.96 Å². The Morgan fingerprint density at radius 3 is 2.60 bits per heavy atom. The normalized spacial score (nSPS) is 17.5. The van der Waals surface area contributed by atoms with Crippen molar-refractivity contribution in [1.82, 2.24) is 30.3 Å². The standard InChI is InChI=1S/C21H33N7O2/c1-17-25-26-19(27(17)3)14-23-20(22-13-18-7-5-4-6-8-18)24-15-21(2,29)16-28-9-11-30-12-10-28/h4-8,29H,9-16H2,1-3H3,(H2,22,23,24). The van der Waals surface area contributed by atoms with Crippen LogP contribution < -0.4 is 10.6 Å². The van der Waals surface area contributed by atoms with Gasteiger partial charge in [0.2, 0.25) is 0 Å². The number of aromatic nitrogens is 3. The SMILES string of the molecule is Cc1nnc(CNC(=NCc2ccccc2)NCC(C)(O)CN2CCOCC2)n1C. The van der Waals surface area contributed by atoms with E-state index in [1.165, 1.54) is 0 Å². The van der Waals surface area contributed by atoms with E-state index in [9.17, 15) is 5.11 Å². The number of guanidine groups is 1. The Labute approximate surface area is 178 Å². The van der Waals surface area contributed by atoms with Crippen LogP contribution in [0.5, 0.6) is 0 Å². The van der Waals surface area contributed by atoms with Crippen molar-refractivity contribution in [2.24, 2.45) is 12.0 Å². The summed E-state index contributed by atoms with van der Waals surface area (Å²) in [7, 11) is 1.94. The number of aryl methyl sites for hydroxylation is 1. The van der Waals surface area contributed by atoms with Gasteiger partial charge in [-0.05, 0) is 19.4 Å². The van der Waals surface area contributed by atoms with E-state index in [0.29, 0.717) is 45.4 Å². The maximum absolute atomic E-state index is 10.9. The lowest BCUT2D eigenvalue weighted by Crippen LogP contribution is -2.52. The number of benzene rings is 1. The van der Waals surface area contributed by atoms with Gasteiger partial charge in [0.15, 0.2) is 11.8 Å². The van der Waals surface area contributed by atoms with Gasteiger partial charge in [-0.2, -0.15) is 0 Å². The summed E-state index contributed by atoms with van der Waals surface area (Å²) in [6.07, 6.45) is 0. The highest BCUT2D eigenvalue weighted by Gasteiger charge is 2.25. The molecule has 30 heavy (non-hydrogen) atoms. The quantitative estimate of drug-likeness (QED) is 0.425. The smallest absolute Gasteiger partial charge is 0.192 e. The minimum Gasteiger partial charge on any atom is -0.387 e. The van der Waals surface area contributed by atoms with Crippen LogP contribution in [0.2, 0.25) is 0 Å². The van der Waals surface area contributed by atoms with E-state index in [4.69, 9.17) is 4.74 Å². The van der Waals surface area contributed by atoms with Gasteiger partial charge in [-0.15, -0.1) is 10.2 Å². The minimum absolute atomic E-state index is 0.378. The number of morpholine rings is 1. The third-order valence-corrected chi connectivity index (χ3v) is 5.16. The number of β-amino-alcohol motifs (C(OH)–C–C–N with tert-alkyl or cyclic N) is 1. The second kappa shape index (κ2) is 10.5. The molecule has 3 rings (SSSR count). The van der Waals surface area contributed by atoms with Gasteiger partial charge in [-0.25, -0.2) is 4.99 Å². The summed E-state index contributed by atoms with van der Waals surface area (Å²) < 4.78 is 7.33. The molecule has 0 spiro atoms. The highest BCUT2D eigenvalue weighted by Crippen LogP contribution is 2.08. The van der Waals surface area contributed by atoms with Crippen LogP contribution in [0.25, 0.3) is 0 Å². The predicted octanol–water partition coefficient (Wildman–Crippen LogP) is 0.442. The summed E-state index contributed by atoms with van der Waals surface area (Å²) in [6.45, 7) is 8.86. The van der Waals surface area contributed by atoms with Gasteiger partial charge in [0.1, 0.15) is 5.82 Å². The van der Waals surface area contributed by atoms with Crippen LogP contribution >= 0.6 is 0 Å². The molecule has 1 aromatic heterocycles. The van der Waals surface area contributed by atoms with Crippen molar-refractivity contribution in [2.45, 2.75) is 32.5 Å². The molecule has 1 aliphatic rings. The number of hydrogen-bond acceptors (Lipinski definition) is 6. The van der Waals surface area contributed by atoms with E-state index >= 15 is 0 Å². The Hall–Kier alpha value is -2.49. The molecular weight excluding hydrogens is 382 g/mol. The molecule has 1 saturated heterocycles. The number of hydrogen-bond donors (Lipinski definition) is 3. The van der Waals surface area contributed by atoms with Crippen LogP contribution in [0.1, 0.15) is 24.1 Å². The van der Waals surface area contributed by atoms with Crippen LogP contribution in [0, 0.1) is 6.92 Å². The van der Waals surface area contributed by atoms with Gasteiger partial charge in [0.25, 0.3) is 0 Å². The molecule has 1 atom stereocenters. The van der Waals surface area contributed by atoms with Crippen molar-refractivity contribution in [3.8, 4) is 0 Å². The molecule has 9 heteroatoms. The topological polar surface area (TPSA) is 99.8 Å². The number of aliphatic imine (C=N–C) groups is 1. The van der Waals surface area contributed by atoms with Crippen molar-refractivity contribution in [3.63, 3.8) is 0 Å². The fourth-order valence-electron chi connectivity index (χ4n) is 3.27. The van der Waals surface area contributed by atoms with Gasteiger partial charge in [0.05, 0.1) is 31.9 Å². The number of ether oxygens (including phenoxy) is 1. The molecule has 0 aliphatic carbocycles. The lowest BCUT2D eigenvalue weighted by molar-refractivity contribution is -0.0201. The molecule has 1 unspecified atom stereocenters. The van der Waals surface area contributed by atoms with Gasteiger partial charge in [-0.1, -0.05) is 30.3 Å². The van der Waals surface area contributed by atoms with Crippen molar-refractivity contribution in [2.75, 3.05) is 39.4 Å². The molecule has 0 bridgehead atoms. The molecule has 2 heterocycles. The molecule has 1 fully saturated rings. The summed E-state index contributed by atoms with van der Waals surface area (Å²) in [4.78, 5) is 6.91. The van der Waals surface area contributed by atoms with E-state index in [-0.39, 0.29) is 0 Å². The van der Waals surface area contributed by atoms with Gasteiger partial charge >= 0.3 is 0 Å². The third kappa shape index (κ3) is 6.79. The largest absolute Gasteiger partial charge is 0.387 e. The van der Waals surface area contributed by atoms with E-state index in [0.717, 1.165) is 30.3 Å². The van der Waals surface area contributed by atoms with Crippen LogP contribution in [-0.2, 0) is 24.9 Å². The first-order valence-corrected chi connectivity index (χ1v) is 10.4. The lowest BCUT2D eigenvalue weighted by Gasteiger charge is -2.34. The van der Waals surface area contributed by atoms with Gasteiger partial charge in [-0.3, -0.25) is 4.90 Å². The first kappa shape index (κ1) is 22.2. The number of nitrogens with zero attached hydrogens (tertiary/aromatic N) is 5. The molecule has 9 nitrogen and oxygen atoms in total. The van der Waals surface area contributed by atoms with E-state index in [1.807, 2.05) is 55.8 Å². The molecule has 1 aliphatic heterocycles. The fourth-order valence-corrected chi connectivity index (χ4v) is 3.27. The second-order valence-corrected chi connectivity index (χ2v) is 7.97. The van der Waals surface area contributed by atoms with Crippen molar-refractivity contribution in [1.29, 1.82) is 0 Å². The van der Waals surface area contributed by atoms with Crippen molar-refractivity contribution in [3.05, 3.63) is 47.5 Å². The Morgan fingerprint density at radius 2 is 1.93 bits per heavy atom. The molecule has 0 amide bonds. The average Bonchev–Trinajstić information content (AvgIpc) is 3.06. The fraction of sp³-hybridized carbons (Fsp3) is 0.571. The summed E-state index contributed by atoms with van der Waals surface area (Å²) in [5.41, 5.74) is 0.224. The third-order valence-electron chi connectivity index (χ3n) is 5.16. The van der Waals surface area contributed by atoms with Crippen LogP contribution in [0.3, 0.4) is 0 Å².